The van der Waals surface area contributed by atoms with Crippen molar-refractivity contribution in [3.8, 4) is 0 Å². The molecule has 0 heterocycles. The van der Waals surface area contributed by atoms with Crippen molar-refractivity contribution in [2.75, 3.05) is 6.61 Å². The SMILES string of the molecule is CCOC(=O)CC(=O)CCCC(C)C. The molecule has 0 aromatic rings. The summed E-state index contributed by atoms with van der Waals surface area (Å²) in [4.78, 5) is 22.1. The van der Waals surface area contributed by atoms with Gasteiger partial charge in [-0.05, 0) is 19.3 Å². The average Bonchev–Trinajstić information content (AvgIpc) is 2.03. The van der Waals surface area contributed by atoms with Gasteiger partial charge in [-0.1, -0.05) is 20.3 Å². The Morgan fingerprint density at radius 3 is 2.43 bits per heavy atom. The number of ether oxygens (including phenoxy) is 1. The third-order valence-electron chi connectivity index (χ3n) is 1.88. The Morgan fingerprint density at radius 2 is 1.93 bits per heavy atom. The second-order valence-electron chi connectivity index (χ2n) is 3.81. The van der Waals surface area contributed by atoms with E-state index in [9.17, 15) is 9.59 Å². The predicted molar refractivity (Wildman–Crippen MR) is 54.9 cm³/mol. The van der Waals surface area contributed by atoms with Crippen molar-refractivity contribution in [2.45, 2.75) is 46.5 Å². The van der Waals surface area contributed by atoms with Crippen LogP contribution in [0.5, 0.6) is 0 Å². The van der Waals surface area contributed by atoms with Crippen LogP contribution in [0.15, 0.2) is 0 Å². The molecule has 0 saturated carbocycles. The normalized spacial score (nSPS) is 10.3. The summed E-state index contributed by atoms with van der Waals surface area (Å²) in [7, 11) is 0. The van der Waals surface area contributed by atoms with Crippen molar-refractivity contribution in [2.24, 2.45) is 5.92 Å². The van der Waals surface area contributed by atoms with Gasteiger partial charge in [-0.25, -0.2) is 0 Å². The summed E-state index contributed by atoms with van der Waals surface area (Å²) in [5.74, 6) is 0.205. The van der Waals surface area contributed by atoms with E-state index >= 15 is 0 Å². The highest BCUT2D eigenvalue weighted by Gasteiger charge is 2.09. The lowest BCUT2D eigenvalue weighted by Gasteiger charge is -2.03. The van der Waals surface area contributed by atoms with E-state index in [1.165, 1.54) is 0 Å². The number of carbonyl (C=O) groups is 2. The molecule has 0 spiro atoms. The van der Waals surface area contributed by atoms with Crippen molar-refractivity contribution in [3.05, 3.63) is 0 Å². The van der Waals surface area contributed by atoms with E-state index in [1.807, 2.05) is 0 Å². The topological polar surface area (TPSA) is 43.4 Å². The Hall–Kier alpha value is -0.860. The van der Waals surface area contributed by atoms with Gasteiger partial charge >= 0.3 is 5.97 Å². The van der Waals surface area contributed by atoms with Crippen LogP contribution in [0.25, 0.3) is 0 Å². The van der Waals surface area contributed by atoms with Gasteiger partial charge in [-0.15, -0.1) is 0 Å². The molecule has 82 valence electrons. The molecule has 3 nitrogen and oxygen atoms in total. The van der Waals surface area contributed by atoms with E-state index in [-0.39, 0.29) is 12.2 Å². The second-order valence-corrected chi connectivity index (χ2v) is 3.81. The first kappa shape index (κ1) is 13.1. The molecule has 0 bridgehead atoms. The number of hydrogen-bond acceptors (Lipinski definition) is 3. The Balaban J connectivity index is 3.50. The van der Waals surface area contributed by atoms with E-state index in [4.69, 9.17) is 0 Å². The van der Waals surface area contributed by atoms with Gasteiger partial charge in [-0.2, -0.15) is 0 Å². The number of esters is 1. The first-order valence-corrected chi connectivity index (χ1v) is 5.23. The van der Waals surface area contributed by atoms with Crippen LogP contribution in [0, 0.1) is 5.92 Å². The first-order chi connectivity index (χ1) is 6.56. The monoisotopic (exact) mass is 200 g/mol. The van der Waals surface area contributed by atoms with Crippen LogP contribution in [-0.4, -0.2) is 18.4 Å². The fourth-order valence-corrected chi connectivity index (χ4v) is 1.17. The van der Waals surface area contributed by atoms with Crippen LogP contribution >= 0.6 is 0 Å². The van der Waals surface area contributed by atoms with Gasteiger partial charge in [0.25, 0.3) is 0 Å². The zero-order valence-electron chi connectivity index (χ0n) is 9.34. The molecule has 0 aliphatic heterocycles. The lowest BCUT2D eigenvalue weighted by atomic mass is 10.0. The quantitative estimate of drug-likeness (QED) is 0.468. The molecule has 0 saturated heterocycles. The van der Waals surface area contributed by atoms with Gasteiger partial charge in [0, 0.05) is 6.42 Å². The minimum absolute atomic E-state index is 0.0101. The maximum absolute atomic E-state index is 11.2. The molecular formula is C11H20O3. The summed E-state index contributed by atoms with van der Waals surface area (Å²) in [6.07, 6.45) is 2.34. The minimum Gasteiger partial charge on any atom is -0.466 e. The molecule has 0 rings (SSSR count). The molecule has 3 heteroatoms. The Kier molecular flexibility index (Phi) is 7.07. The average molecular weight is 200 g/mol. The van der Waals surface area contributed by atoms with E-state index in [0.29, 0.717) is 18.9 Å². The van der Waals surface area contributed by atoms with Gasteiger partial charge in [0.2, 0.25) is 0 Å². The summed E-state index contributed by atoms with van der Waals surface area (Å²) in [6.45, 7) is 6.32. The summed E-state index contributed by atoms with van der Waals surface area (Å²) in [5.41, 5.74) is 0. The zero-order valence-corrected chi connectivity index (χ0v) is 9.34. The van der Waals surface area contributed by atoms with Crippen molar-refractivity contribution in [1.82, 2.24) is 0 Å². The Labute approximate surface area is 85.8 Å². The van der Waals surface area contributed by atoms with Crippen LogP contribution in [0.1, 0.15) is 46.5 Å². The molecule has 14 heavy (non-hydrogen) atoms. The number of ketones is 1. The largest absolute Gasteiger partial charge is 0.466 e. The van der Waals surface area contributed by atoms with Gasteiger partial charge in [0.1, 0.15) is 12.2 Å². The van der Waals surface area contributed by atoms with E-state index in [2.05, 4.69) is 18.6 Å². The number of rotatable bonds is 7. The van der Waals surface area contributed by atoms with Crippen LogP contribution < -0.4 is 0 Å². The fraction of sp³-hybridized carbons (Fsp3) is 0.818. The summed E-state index contributed by atoms with van der Waals surface area (Å²) >= 11 is 0. The molecule has 0 amide bonds. The lowest BCUT2D eigenvalue weighted by Crippen LogP contribution is -2.11. The molecule has 0 aliphatic rings. The van der Waals surface area contributed by atoms with Crippen molar-refractivity contribution in [1.29, 1.82) is 0 Å². The van der Waals surface area contributed by atoms with Crippen molar-refractivity contribution >= 4 is 11.8 Å². The minimum atomic E-state index is -0.401. The third kappa shape index (κ3) is 7.77. The van der Waals surface area contributed by atoms with Gasteiger partial charge < -0.3 is 4.74 Å². The standard InChI is InChI=1S/C11H20O3/c1-4-14-11(13)8-10(12)7-5-6-9(2)3/h9H,4-8H2,1-3H3. The van der Waals surface area contributed by atoms with Crippen LogP contribution in [-0.2, 0) is 14.3 Å². The molecule has 0 fully saturated rings. The van der Waals surface area contributed by atoms with E-state index in [1.54, 1.807) is 6.92 Å². The second kappa shape index (κ2) is 7.54. The molecule has 0 aliphatic carbocycles. The van der Waals surface area contributed by atoms with Crippen LogP contribution in [0.2, 0.25) is 0 Å². The van der Waals surface area contributed by atoms with E-state index < -0.39 is 5.97 Å². The van der Waals surface area contributed by atoms with E-state index in [0.717, 1.165) is 12.8 Å². The van der Waals surface area contributed by atoms with Gasteiger partial charge in [0.15, 0.2) is 0 Å². The predicted octanol–water partition coefficient (Wildman–Crippen LogP) is 2.33. The van der Waals surface area contributed by atoms with Crippen LogP contribution in [0.3, 0.4) is 0 Å². The molecule has 0 N–H and O–H groups in total. The molecule has 0 aromatic carbocycles. The number of carbonyl (C=O) groups excluding carboxylic acids is 2. The van der Waals surface area contributed by atoms with Crippen LogP contribution in [0.4, 0.5) is 0 Å². The van der Waals surface area contributed by atoms with Crippen molar-refractivity contribution < 1.29 is 14.3 Å². The highest BCUT2D eigenvalue weighted by atomic mass is 16.5. The Morgan fingerprint density at radius 1 is 1.29 bits per heavy atom. The van der Waals surface area contributed by atoms with Gasteiger partial charge in [-0.3, -0.25) is 9.59 Å². The first-order valence-electron chi connectivity index (χ1n) is 5.23. The summed E-state index contributed by atoms with van der Waals surface area (Å²) < 4.78 is 4.68. The molecule has 0 atom stereocenters. The lowest BCUT2D eigenvalue weighted by molar-refractivity contribution is -0.145. The highest BCUT2D eigenvalue weighted by Crippen LogP contribution is 2.07. The third-order valence-corrected chi connectivity index (χ3v) is 1.88. The zero-order chi connectivity index (χ0) is 11.0. The smallest absolute Gasteiger partial charge is 0.313 e. The number of hydrogen-bond donors (Lipinski definition) is 0. The molecular weight excluding hydrogens is 180 g/mol. The van der Waals surface area contributed by atoms with Crippen molar-refractivity contribution in [3.63, 3.8) is 0 Å². The van der Waals surface area contributed by atoms with Gasteiger partial charge in [0.05, 0.1) is 6.61 Å². The Bertz CT molecular complexity index is 185. The molecule has 0 radical (unpaired) electrons. The maximum atomic E-state index is 11.2. The highest BCUT2D eigenvalue weighted by molar-refractivity contribution is 5.95. The number of Topliss-reactive ketones (excluding diaryl/α,β-unsaturated/α-hetero) is 1. The molecule has 0 unspecified atom stereocenters. The summed E-state index contributed by atoms with van der Waals surface area (Å²) in [6, 6.07) is 0. The summed E-state index contributed by atoms with van der Waals surface area (Å²) in [5, 5.41) is 0. The molecule has 0 aromatic heterocycles. The maximum Gasteiger partial charge on any atom is 0.313 e. The fourth-order valence-electron chi connectivity index (χ4n) is 1.17.